The third-order valence-corrected chi connectivity index (χ3v) is 0.495. The highest BCUT2D eigenvalue weighted by Crippen LogP contribution is 2.50. The fraction of sp³-hybridized carbons (Fsp3) is 0. The van der Waals surface area contributed by atoms with Gasteiger partial charge in [0.2, 0.25) is 0 Å². The van der Waals surface area contributed by atoms with Gasteiger partial charge in [-0.3, -0.25) is 0 Å². The zero-order valence-corrected chi connectivity index (χ0v) is 3.70. The smallest absolute Gasteiger partial charge is 0.218 e. The van der Waals surface area contributed by atoms with Crippen LogP contribution in [0, 0.1) is 0 Å². The van der Waals surface area contributed by atoms with Gasteiger partial charge in [-0.05, 0) is 9.05 Å². The Morgan fingerprint density at radius 1 is 1.29 bits per heavy atom. The molecule has 44 valence electrons. The van der Waals surface area contributed by atoms with Gasteiger partial charge in [0.25, 0.3) is 0 Å². The summed E-state index contributed by atoms with van der Waals surface area (Å²) in [5.74, 6) is 0. The van der Waals surface area contributed by atoms with E-state index in [1.807, 2.05) is 9.46 Å². The van der Waals surface area contributed by atoms with Crippen LogP contribution in [-0.2, 0) is 14.0 Å². The van der Waals surface area contributed by atoms with E-state index in [1.54, 1.807) is 0 Å². The molecule has 0 aromatic heterocycles. The summed E-state index contributed by atoms with van der Waals surface area (Å²) in [5.41, 5.74) is 0. The zero-order valence-electron chi connectivity index (χ0n) is 2.81. The van der Waals surface area contributed by atoms with Crippen molar-refractivity contribution in [3.05, 3.63) is 0 Å². The second kappa shape index (κ2) is 2.30. The van der Waals surface area contributed by atoms with Gasteiger partial charge in [-0.1, -0.05) is 9.46 Å². The fourth-order valence-corrected chi connectivity index (χ4v) is 0.0319. The van der Waals surface area contributed by atoms with E-state index in [0.29, 0.717) is 0 Å². The minimum atomic E-state index is -5.49. The Kier molecular flexibility index (Phi) is 2.28. The molecule has 7 heteroatoms. The molecular weight excluding hydrogens is 136 g/mol. The number of halogens is 3. The van der Waals surface area contributed by atoms with Crippen LogP contribution in [0.5, 0.6) is 0 Å². The van der Waals surface area contributed by atoms with Gasteiger partial charge >= 0.3 is 7.91 Å². The normalized spacial score (nSPS) is 11.9. The highest BCUT2D eigenvalue weighted by molar-refractivity contribution is 7.47. The van der Waals surface area contributed by atoms with Crippen molar-refractivity contribution in [2.24, 2.45) is 0 Å². The summed E-state index contributed by atoms with van der Waals surface area (Å²) >= 11 is 0. The molecule has 0 aromatic carbocycles. The number of hydrogen-bond acceptors (Lipinski definition) is 3. The highest BCUT2D eigenvalue weighted by atomic mass is 31.2. The Bertz CT molecular complexity index is 82.2. The molecule has 0 bridgehead atoms. The lowest BCUT2D eigenvalue weighted by atomic mass is 15.6. The van der Waals surface area contributed by atoms with E-state index in [2.05, 4.69) is 0 Å². The molecule has 7 heavy (non-hydrogen) atoms. The van der Waals surface area contributed by atoms with E-state index in [-0.39, 0.29) is 0 Å². The molecule has 0 N–H and O–H groups in total. The van der Waals surface area contributed by atoms with Crippen molar-refractivity contribution in [1.29, 1.82) is 0 Å². The summed E-state index contributed by atoms with van der Waals surface area (Å²) in [4.78, 5) is 0. The molecule has 0 aliphatic rings. The molecule has 0 aliphatic heterocycles. The second-order valence-corrected chi connectivity index (χ2v) is 1.71. The summed E-state index contributed by atoms with van der Waals surface area (Å²) in [6.07, 6.45) is 0. The monoisotopic (exact) mass is 136 g/mol. The van der Waals surface area contributed by atoms with Crippen molar-refractivity contribution in [3.8, 4) is 0 Å². The second-order valence-electron chi connectivity index (χ2n) is 0.569. The van der Waals surface area contributed by atoms with E-state index in [1.165, 1.54) is 0 Å². The maximum atomic E-state index is 10.9. The van der Waals surface area contributed by atoms with Crippen LogP contribution in [0.1, 0.15) is 0 Å². The van der Waals surface area contributed by atoms with Gasteiger partial charge in [0, 0.05) is 0 Å². The zero-order chi connectivity index (χ0) is 5.91. The molecule has 0 unspecified atom stereocenters. The van der Waals surface area contributed by atoms with E-state index in [4.69, 9.17) is 4.57 Å². The topological polar surface area (TPSA) is 35.5 Å². The maximum absolute atomic E-state index is 10.9. The lowest BCUT2D eigenvalue weighted by Gasteiger charge is -1.88. The molecule has 0 saturated carbocycles. The van der Waals surface area contributed by atoms with Crippen molar-refractivity contribution in [2.45, 2.75) is 0 Å². The van der Waals surface area contributed by atoms with Gasteiger partial charge < -0.3 is 0 Å². The average Bonchev–Trinajstić information content (AvgIpc) is 1.68. The van der Waals surface area contributed by atoms with Crippen molar-refractivity contribution in [3.63, 3.8) is 0 Å². The molecule has 0 atom stereocenters. The van der Waals surface area contributed by atoms with Crippen molar-refractivity contribution >= 4 is 7.91 Å². The third kappa shape index (κ3) is 2.61. The van der Waals surface area contributed by atoms with Gasteiger partial charge in [0.1, 0.15) is 0 Å². The van der Waals surface area contributed by atoms with Crippen LogP contribution >= 0.6 is 7.91 Å². The van der Waals surface area contributed by atoms with Gasteiger partial charge in [-0.15, -0.1) is 4.20 Å². The van der Waals surface area contributed by atoms with Crippen molar-refractivity contribution < 1.29 is 27.3 Å². The average molecular weight is 136 g/mol. The first-order valence-corrected chi connectivity index (χ1v) is 2.46. The fourth-order valence-electron chi connectivity index (χ4n) is 0.0106. The molecular formula is F3O3P. The largest absolute Gasteiger partial charge is 0.576 e. The lowest BCUT2D eigenvalue weighted by Crippen LogP contribution is -1.68. The van der Waals surface area contributed by atoms with E-state index < -0.39 is 7.91 Å². The molecule has 0 radical (unpaired) electrons. The van der Waals surface area contributed by atoms with Crippen LogP contribution in [0.25, 0.3) is 0 Å². The molecule has 0 aliphatic carbocycles. The highest BCUT2D eigenvalue weighted by Gasteiger charge is 2.26. The lowest BCUT2D eigenvalue weighted by molar-refractivity contribution is -0.101. The van der Waals surface area contributed by atoms with Crippen molar-refractivity contribution in [2.75, 3.05) is 0 Å². The minimum absolute atomic E-state index is 1.88. The quantitative estimate of drug-likeness (QED) is 0.543. The first kappa shape index (κ1) is 6.94. The van der Waals surface area contributed by atoms with E-state index >= 15 is 0 Å². The predicted molar refractivity (Wildman–Crippen MR) is 13.1 cm³/mol. The number of hydrogen-bond donors (Lipinski definition) is 0. The van der Waals surface area contributed by atoms with Gasteiger partial charge in [0.05, 0.1) is 0 Å². The molecule has 0 rings (SSSR count). The molecule has 0 spiro atoms. The van der Waals surface area contributed by atoms with Crippen LogP contribution in [0.15, 0.2) is 0 Å². The number of rotatable bonds is 2. The van der Waals surface area contributed by atoms with E-state index in [9.17, 15) is 13.2 Å². The summed E-state index contributed by atoms with van der Waals surface area (Å²) in [7, 11) is -5.49. The Hall–Kier alpha value is -0.0600. The third-order valence-electron chi connectivity index (χ3n) is 0.165. The summed E-state index contributed by atoms with van der Waals surface area (Å²) in [6.45, 7) is 0. The first-order valence-electron chi connectivity index (χ1n) is 1.03. The molecule has 0 amide bonds. The van der Waals surface area contributed by atoms with Gasteiger partial charge in [0.15, 0.2) is 0 Å². The molecule has 0 saturated heterocycles. The van der Waals surface area contributed by atoms with Crippen LogP contribution in [-0.4, -0.2) is 0 Å². The maximum Gasteiger partial charge on any atom is 0.576 e. The van der Waals surface area contributed by atoms with Gasteiger partial charge in [-0.25, -0.2) is 4.57 Å². The first-order chi connectivity index (χ1) is 3.12. The van der Waals surface area contributed by atoms with Crippen LogP contribution in [0.3, 0.4) is 0 Å². The minimum Gasteiger partial charge on any atom is -0.218 e. The SMILES string of the molecule is O=P(F)(OF)OF. The van der Waals surface area contributed by atoms with Crippen LogP contribution in [0.2, 0.25) is 0 Å². The van der Waals surface area contributed by atoms with Gasteiger partial charge in [-0.2, -0.15) is 0 Å². The Labute approximate surface area is 36.5 Å². The predicted octanol–water partition coefficient (Wildman–Crippen LogP) is 1.87. The summed E-state index contributed by atoms with van der Waals surface area (Å²) < 4.78 is 44.3. The Morgan fingerprint density at radius 2 is 1.57 bits per heavy atom. The summed E-state index contributed by atoms with van der Waals surface area (Å²) in [6, 6.07) is 0. The molecule has 0 heterocycles. The molecule has 0 fully saturated rings. The van der Waals surface area contributed by atoms with E-state index in [0.717, 1.165) is 0 Å². The Morgan fingerprint density at radius 3 is 1.57 bits per heavy atom. The molecule has 3 nitrogen and oxygen atoms in total. The molecule has 0 aromatic rings. The Balaban J connectivity index is 3.61. The summed E-state index contributed by atoms with van der Waals surface area (Å²) in [5, 5.41) is 0. The van der Waals surface area contributed by atoms with Crippen LogP contribution < -0.4 is 0 Å². The standard InChI is InChI=1S/F3O3P/c1-5-7(3,4)6-2. The van der Waals surface area contributed by atoms with Crippen LogP contribution in [0.4, 0.5) is 13.2 Å². The van der Waals surface area contributed by atoms with Crippen molar-refractivity contribution in [1.82, 2.24) is 0 Å².